The molecule has 0 saturated carbocycles. The van der Waals surface area contributed by atoms with E-state index in [1.165, 1.54) is 24.3 Å². The highest BCUT2D eigenvalue weighted by molar-refractivity contribution is 9.09. The summed E-state index contributed by atoms with van der Waals surface area (Å²) in [6.45, 7) is 0. The second-order valence-electron chi connectivity index (χ2n) is 3.73. The van der Waals surface area contributed by atoms with E-state index in [0.717, 1.165) is 5.56 Å². The molecule has 0 aliphatic heterocycles. The maximum absolute atomic E-state index is 13.0. The molecule has 1 atom stereocenters. The number of nitrogens with zero attached hydrogens (tertiary/aromatic N) is 1. The molecule has 2 rings (SSSR count). The van der Waals surface area contributed by atoms with Crippen LogP contribution in [0.2, 0.25) is 0 Å². The first kappa shape index (κ1) is 12.8. The van der Waals surface area contributed by atoms with Crippen LogP contribution in [0.25, 0.3) is 0 Å². The Kier molecular flexibility index (Phi) is 3.76. The smallest absolute Gasteiger partial charge is 0.405 e. The van der Waals surface area contributed by atoms with Crippen molar-refractivity contribution in [2.24, 2.45) is 0 Å². The molecule has 0 fully saturated rings. The van der Waals surface area contributed by atoms with Gasteiger partial charge < -0.3 is 4.42 Å². The molecule has 0 N–H and O–H groups in total. The van der Waals surface area contributed by atoms with Gasteiger partial charge in [0.15, 0.2) is 0 Å². The summed E-state index contributed by atoms with van der Waals surface area (Å²) in [5.41, 5.74) is 0.788. The van der Waals surface area contributed by atoms with Crippen LogP contribution in [0.15, 0.2) is 40.8 Å². The Morgan fingerprint density at radius 2 is 2.17 bits per heavy atom. The second kappa shape index (κ2) is 5.30. The standard InChI is InChI=1S/C12H9BrFNO3/c13-10(7-8-2-1-3-9(14)6-8)11-4-5-12(18-11)15(16)17/h1-6,10H,7H2. The molecular weight excluding hydrogens is 305 g/mol. The molecule has 94 valence electrons. The maximum Gasteiger partial charge on any atom is 0.433 e. The number of rotatable bonds is 4. The number of halogens is 2. The van der Waals surface area contributed by atoms with Crippen molar-refractivity contribution >= 4 is 21.8 Å². The quantitative estimate of drug-likeness (QED) is 0.487. The van der Waals surface area contributed by atoms with E-state index in [1.54, 1.807) is 12.1 Å². The van der Waals surface area contributed by atoms with Crippen molar-refractivity contribution in [3.05, 3.63) is 63.7 Å². The Bertz CT molecular complexity index is 570. The molecular formula is C12H9BrFNO3. The van der Waals surface area contributed by atoms with Crippen LogP contribution in [-0.2, 0) is 6.42 Å². The molecule has 0 spiro atoms. The third-order valence-electron chi connectivity index (χ3n) is 2.41. The van der Waals surface area contributed by atoms with Gasteiger partial charge in [-0.2, -0.15) is 0 Å². The third-order valence-corrected chi connectivity index (χ3v) is 3.18. The van der Waals surface area contributed by atoms with Gasteiger partial charge in [-0.25, -0.2) is 4.39 Å². The Morgan fingerprint density at radius 3 is 2.78 bits per heavy atom. The van der Waals surface area contributed by atoms with Crippen molar-refractivity contribution in [2.45, 2.75) is 11.2 Å². The van der Waals surface area contributed by atoms with Crippen molar-refractivity contribution in [1.82, 2.24) is 0 Å². The summed E-state index contributed by atoms with van der Waals surface area (Å²) in [6, 6.07) is 9.03. The Morgan fingerprint density at radius 1 is 1.39 bits per heavy atom. The Labute approximate surface area is 111 Å². The number of nitro groups is 1. The molecule has 18 heavy (non-hydrogen) atoms. The van der Waals surface area contributed by atoms with Gasteiger partial charge in [0.2, 0.25) is 0 Å². The molecule has 1 aromatic heterocycles. The summed E-state index contributed by atoms with van der Waals surface area (Å²) in [6.07, 6.45) is 0.489. The van der Waals surface area contributed by atoms with Crippen LogP contribution in [-0.4, -0.2) is 4.92 Å². The number of benzene rings is 1. The van der Waals surface area contributed by atoms with Crippen LogP contribution < -0.4 is 0 Å². The molecule has 6 heteroatoms. The van der Waals surface area contributed by atoms with E-state index in [4.69, 9.17) is 4.42 Å². The van der Waals surface area contributed by atoms with E-state index < -0.39 is 4.92 Å². The summed E-state index contributed by atoms with van der Waals surface area (Å²) < 4.78 is 18.1. The van der Waals surface area contributed by atoms with Gasteiger partial charge in [-0.05, 0) is 30.2 Å². The lowest BCUT2D eigenvalue weighted by atomic mass is 10.1. The minimum Gasteiger partial charge on any atom is -0.405 e. The predicted octanol–water partition coefficient (Wildman–Crippen LogP) is 4.01. The molecule has 2 aromatic rings. The van der Waals surface area contributed by atoms with Crippen molar-refractivity contribution in [3.63, 3.8) is 0 Å². The van der Waals surface area contributed by atoms with Gasteiger partial charge in [0.05, 0.1) is 10.9 Å². The minimum atomic E-state index is -0.592. The molecule has 4 nitrogen and oxygen atoms in total. The van der Waals surface area contributed by atoms with Gasteiger partial charge in [-0.1, -0.05) is 28.1 Å². The second-order valence-corrected chi connectivity index (χ2v) is 4.84. The zero-order valence-electron chi connectivity index (χ0n) is 9.18. The van der Waals surface area contributed by atoms with E-state index in [1.807, 2.05) is 0 Å². The Balaban J connectivity index is 2.11. The van der Waals surface area contributed by atoms with Gasteiger partial charge in [-0.3, -0.25) is 10.1 Å². The lowest BCUT2D eigenvalue weighted by molar-refractivity contribution is -0.402. The topological polar surface area (TPSA) is 56.3 Å². The highest BCUT2D eigenvalue weighted by Crippen LogP contribution is 2.30. The lowest BCUT2D eigenvalue weighted by Crippen LogP contribution is -1.94. The molecule has 0 radical (unpaired) electrons. The zero-order chi connectivity index (χ0) is 13.1. The molecule has 0 aliphatic rings. The number of hydrogen-bond acceptors (Lipinski definition) is 3. The fourth-order valence-corrected chi connectivity index (χ4v) is 2.20. The van der Waals surface area contributed by atoms with Gasteiger partial charge in [-0.15, -0.1) is 0 Å². The molecule has 0 bridgehead atoms. The largest absolute Gasteiger partial charge is 0.433 e. The lowest BCUT2D eigenvalue weighted by Gasteiger charge is -2.06. The average Bonchev–Trinajstić information content (AvgIpc) is 2.78. The average molecular weight is 314 g/mol. The number of hydrogen-bond donors (Lipinski definition) is 0. The number of furan rings is 1. The maximum atomic E-state index is 13.0. The van der Waals surface area contributed by atoms with E-state index in [-0.39, 0.29) is 16.5 Å². The summed E-state index contributed by atoms with van der Waals surface area (Å²) in [7, 11) is 0. The Hall–Kier alpha value is -1.69. The fourth-order valence-electron chi connectivity index (χ4n) is 1.58. The SMILES string of the molecule is O=[N+]([O-])c1ccc(C(Br)Cc2cccc(F)c2)o1. The van der Waals surface area contributed by atoms with Crippen LogP contribution in [0, 0.1) is 15.9 Å². The summed E-state index contributed by atoms with van der Waals surface area (Å²) in [4.78, 5) is 9.67. The van der Waals surface area contributed by atoms with Gasteiger partial charge in [0.25, 0.3) is 0 Å². The van der Waals surface area contributed by atoms with Crippen molar-refractivity contribution in [2.75, 3.05) is 0 Å². The third kappa shape index (κ3) is 2.95. The fraction of sp³-hybridized carbons (Fsp3) is 0.167. The van der Waals surface area contributed by atoms with Crippen LogP contribution in [0.5, 0.6) is 0 Å². The highest BCUT2D eigenvalue weighted by Gasteiger charge is 2.18. The normalized spacial score (nSPS) is 12.3. The molecule has 1 aromatic carbocycles. The molecule has 0 saturated heterocycles. The van der Waals surface area contributed by atoms with E-state index in [9.17, 15) is 14.5 Å². The van der Waals surface area contributed by atoms with Crippen LogP contribution in [0.3, 0.4) is 0 Å². The molecule has 0 aliphatic carbocycles. The van der Waals surface area contributed by atoms with E-state index in [2.05, 4.69) is 15.9 Å². The van der Waals surface area contributed by atoms with E-state index >= 15 is 0 Å². The van der Waals surface area contributed by atoms with Crippen molar-refractivity contribution in [3.8, 4) is 0 Å². The number of alkyl halides is 1. The van der Waals surface area contributed by atoms with Crippen LogP contribution in [0.1, 0.15) is 16.2 Å². The first-order valence-corrected chi connectivity index (χ1v) is 6.10. The summed E-state index contributed by atoms with van der Waals surface area (Å²) >= 11 is 3.37. The summed E-state index contributed by atoms with van der Waals surface area (Å²) in [5, 5.41) is 10.5. The van der Waals surface area contributed by atoms with Gasteiger partial charge in [0.1, 0.15) is 16.5 Å². The highest BCUT2D eigenvalue weighted by atomic mass is 79.9. The monoisotopic (exact) mass is 313 g/mol. The van der Waals surface area contributed by atoms with E-state index in [0.29, 0.717) is 12.2 Å². The molecule has 0 amide bonds. The first-order valence-electron chi connectivity index (χ1n) is 5.19. The minimum absolute atomic E-state index is 0.229. The first-order chi connectivity index (χ1) is 8.56. The van der Waals surface area contributed by atoms with Gasteiger partial charge in [0, 0.05) is 0 Å². The summed E-state index contributed by atoms with van der Waals surface area (Å²) in [5.74, 6) is -0.155. The van der Waals surface area contributed by atoms with Crippen LogP contribution in [0.4, 0.5) is 10.3 Å². The predicted molar refractivity (Wildman–Crippen MR) is 67.1 cm³/mol. The van der Waals surface area contributed by atoms with Crippen molar-refractivity contribution < 1.29 is 13.7 Å². The molecule has 1 heterocycles. The van der Waals surface area contributed by atoms with Gasteiger partial charge >= 0.3 is 5.88 Å². The van der Waals surface area contributed by atoms with Crippen molar-refractivity contribution in [1.29, 1.82) is 0 Å². The molecule has 1 unspecified atom stereocenters. The van der Waals surface area contributed by atoms with Crippen LogP contribution >= 0.6 is 15.9 Å². The zero-order valence-corrected chi connectivity index (χ0v) is 10.8.